The highest BCUT2D eigenvalue weighted by Gasteiger charge is 2.18. The Hall–Kier alpha value is -2.40. The number of benzene rings is 1. The molecule has 1 aromatic heterocycles. The molecule has 1 amide bonds. The van der Waals surface area contributed by atoms with Crippen molar-refractivity contribution in [2.45, 2.75) is 19.5 Å². The predicted octanol–water partition coefficient (Wildman–Crippen LogP) is 1.46. The lowest BCUT2D eigenvalue weighted by molar-refractivity contribution is -0.607. The van der Waals surface area contributed by atoms with Gasteiger partial charge in [0.25, 0.3) is 5.69 Å². The Morgan fingerprint density at radius 2 is 1.82 bits per heavy atom. The van der Waals surface area contributed by atoms with E-state index in [-0.39, 0.29) is 11.6 Å². The Kier molecular flexibility index (Phi) is 4.34. The topological polar surface area (TPSA) is 59.3 Å². The van der Waals surface area contributed by atoms with Gasteiger partial charge < -0.3 is 10.5 Å². The van der Waals surface area contributed by atoms with E-state index in [2.05, 4.69) is 34.5 Å². The first-order chi connectivity index (χ1) is 10.7. The van der Waals surface area contributed by atoms with E-state index < -0.39 is 0 Å². The van der Waals surface area contributed by atoms with Crippen LogP contribution in [-0.4, -0.2) is 23.9 Å². The smallest absolute Gasteiger partial charge is 0.317 e. The van der Waals surface area contributed by atoms with E-state index in [1.807, 2.05) is 0 Å². The first-order valence-electron chi connectivity index (χ1n) is 7.49. The van der Waals surface area contributed by atoms with Crippen molar-refractivity contribution in [2.24, 2.45) is 0 Å². The van der Waals surface area contributed by atoms with Gasteiger partial charge >= 0.3 is 5.91 Å². The molecule has 1 aliphatic rings. The molecule has 1 aliphatic heterocycles. The van der Waals surface area contributed by atoms with Crippen molar-refractivity contribution in [3.05, 3.63) is 70.7 Å². The molecule has 2 aromatic rings. The van der Waals surface area contributed by atoms with Crippen LogP contribution in [0.15, 0.2) is 48.7 Å². The Morgan fingerprint density at radius 1 is 1.14 bits per heavy atom. The molecule has 2 heterocycles. The van der Waals surface area contributed by atoms with E-state index in [0.29, 0.717) is 11.3 Å². The molecule has 0 fully saturated rings. The largest absolute Gasteiger partial charge is 0.618 e. The fourth-order valence-corrected chi connectivity index (χ4v) is 2.76. The summed E-state index contributed by atoms with van der Waals surface area (Å²) in [4.78, 5) is 14.3. The van der Waals surface area contributed by atoms with Crippen LogP contribution in [0.4, 0.5) is 0 Å². The van der Waals surface area contributed by atoms with Crippen LogP contribution in [0.3, 0.4) is 0 Å². The molecular weight excluding hydrogens is 278 g/mol. The molecule has 0 atom stereocenters. The Labute approximate surface area is 129 Å². The molecule has 5 heteroatoms. The van der Waals surface area contributed by atoms with Gasteiger partial charge in [0.15, 0.2) is 6.20 Å². The van der Waals surface area contributed by atoms with Crippen LogP contribution in [-0.2, 0) is 13.1 Å². The van der Waals surface area contributed by atoms with Gasteiger partial charge in [0.2, 0.25) is 0 Å². The highest BCUT2D eigenvalue weighted by atomic mass is 16.5. The van der Waals surface area contributed by atoms with Gasteiger partial charge in [0.05, 0.1) is 0 Å². The van der Waals surface area contributed by atoms with Crippen molar-refractivity contribution in [1.82, 2.24) is 10.2 Å². The van der Waals surface area contributed by atoms with E-state index in [0.717, 1.165) is 26.1 Å². The van der Waals surface area contributed by atoms with Gasteiger partial charge in [-0.1, -0.05) is 24.3 Å². The first-order valence-corrected chi connectivity index (χ1v) is 7.49. The van der Waals surface area contributed by atoms with E-state index in [1.54, 1.807) is 12.1 Å². The number of nitrogens with one attached hydrogen (secondary N) is 1. The maximum atomic E-state index is 11.9. The lowest BCUT2D eigenvalue weighted by Crippen LogP contribution is -2.39. The van der Waals surface area contributed by atoms with Crippen LogP contribution >= 0.6 is 0 Å². The predicted molar refractivity (Wildman–Crippen MR) is 82.9 cm³/mol. The fourth-order valence-electron chi connectivity index (χ4n) is 2.76. The maximum absolute atomic E-state index is 11.9. The minimum atomic E-state index is -0.319. The average molecular weight is 297 g/mol. The molecule has 0 saturated carbocycles. The number of hydrogen-bond donors (Lipinski definition) is 1. The second-order valence-corrected chi connectivity index (χ2v) is 5.50. The summed E-state index contributed by atoms with van der Waals surface area (Å²) in [5, 5.41) is 14.3. The van der Waals surface area contributed by atoms with E-state index in [4.69, 9.17) is 0 Å². The zero-order valence-corrected chi connectivity index (χ0v) is 12.4. The molecule has 1 N–H and O–H groups in total. The van der Waals surface area contributed by atoms with Crippen LogP contribution in [0.1, 0.15) is 28.0 Å². The second-order valence-electron chi connectivity index (χ2n) is 5.50. The molecule has 0 spiro atoms. The summed E-state index contributed by atoms with van der Waals surface area (Å²) < 4.78 is 0.590. The summed E-state index contributed by atoms with van der Waals surface area (Å²) in [6.45, 7) is 3.45. The summed E-state index contributed by atoms with van der Waals surface area (Å²) >= 11 is 0. The Bertz CT molecular complexity index is 647. The summed E-state index contributed by atoms with van der Waals surface area (Å²) in [5.74, 6) is -0.319. The number of carbonyl (C=O) groups excluding carboxylic acids is 1. The van der Waals surface area contributed by atoms with Crippen LogP contribution in [0.2, 0.25) is 0 Å². The first kappa shape index (κ1) is 14.5. The third-order valence-electron chi connectivity index (χ3n) is 3.90. The van der Waals surface area contributed by atoms with Crippen LogP contribution < -0.4 is 10.0 Å². The molecule has 0 saturated heterocycles. The molecular formula is C17H19N3O2. The minimum absolute atomic E-state index is 0.135. The maximum Gasteiger partial charge on any atom is 0.317 e. The van der Waals surface area contributed by atoms with Crippen molar-refractivity contribution in [1.29, 1.82) is 0 Å². The van der Waals surface area contributed by atoms with Crippen molar-refractivity contribution in [3.63, 3.8) is 0 Å². The van der Waals surface area contributed by atoms with E-state index in [1.165, 1.54) is 23.4 Å². The number of rotatable bonds is 5. The molecule has 3 rings (SSSR count). The SMILES string of the molecule is O=C(NCCCN1Cc2ccccc2C1)c1cccc[n+]1[O-]. The van der Waals surface area contributed by atoms with Gasteiger partial charge in [-0.05, 0) is 23.6 Å². The molecule has 114 valence electrons. The Balaban J connectivity index is 1.42. The molecule has 5 nitrogen and oxygen atoms in total. The van der Waals surface area contributed by atoms with Crippen LogP contribution in [0.5, 0.6) is 0 Å². The van der Waals surface area contributed by atoms with E-state index in [9.17, 15) is 10.0 Å². The molecule has 0 aliphatic carbocycles. The van der Waals surface area contributed by atoms with Gasteiger partial charge in [-0.25, -0.2) is 0 Å². The minimum Gasteiger partial charge on any atom is -0.618 e. The lowest BCUT2D eigenvalue weighted by atomic mass is 10.1. The normalized spacial score (nSPS) is 13.8. The van der Waals surface area contributed by atoms with Crippen molar-refractivity contribution >= 4 is 5.91 Å². The standard InChI is InChI=1S/C17H19N3O2/c21-17(16-8-3-4-11-20(16)22)18-9-5-10-19-12-14-6-1-2-7-15(14)13-19/h1-4,6-8,11H,5,9-10,12-13H2,(H,18,21). The number of aromatic nitrogens is 1. The van der Waals surface area contributed by atoms with Crippen LogP contribution in [0, 0.1) is 5.21 Å². The Morgan fingerprint density at radius 3 is 2.50 bits per heavy atom. The summed E-state index contributed by atoms with van der Waals surface area (Å²) in [5.41, 5.74) is 2.92. The number of amides is 1. The highest BCUT2D eigenvalue weighted by molar-refractivity contribution is 5.90. The van der Waals surface area contributed by atoms with Gasteiger partial charge in [0.1, 0.15) is 0 Å². The van der Waals surface area contributed by atoms with Crippen molar-refractivity contribution < 1.29 is 9.52 Å². The summed E-state index contributed by atoms with van der Waals surface area (Å²) in [6, 6.07) is 13.3. The molecule has 0 bridgehead atoms. The average Bonchev–Trinajstić information content (AvgIpc) is 2.94. The number of fused-ring (bicyclic) bond motifs is 1. The number of carbonyl (C=O) groups is 1. The van der Waals surface area contributed by atoms with Gasteiger partial charge in [-0.15, -0.1) is 0 Å². The van der Waals surface area contributed by atoms with Gasteiger partial charge in [-0.2, -0.15) is 4.73 Å². The summed E-state index contributed by atoms with van der Waals surface area (Å²) in [7, 11) is 0. The van der Waals surface area contributed by atoms with Crippen LogP contribution in [0.25, 0.3) is 0 Å². The third kappa shape index (κ3) is 3.26. The zero-order chi connectivity index (χ0) is 15.4. The fraction of sp³-hybridized carbons (Fsp3) is 0.294. The summed E-state index contributed by atoms with van der Waals surface area (Å²) in [6.07, 6.45) is 2.20. The molecule has 0 radical (unpaired) electrons. The molecule has 22 heavy (non-hydrogen) atoms. The number of nitrogens with zero attached hydrogens (tertiary/aromatic N) is 2. The highest BCUT2D eigenvalue weighted by Crippen LogP contribution is 2.21. The molecule has 1 aromatic carbocycles. The quantitative estimate of drug-likeness (QED) is 0.516. The van der Waals surface area contributed by atoms with E-state index >= 15 is 0 Å². The van der Waals surface area contributed by atoms with Gasteiger partial charge in [-0.3, -0.25) is 9.69 Å². The van der Waals surface area contributed by atoms with Crippen molar-refractivity contribution in [2.75, 3.05) is 13.1 Å². The monoisotopic (exact) mass is 297 g/mol. The third-order valence-corrected chi connectivity index (χ3v) is 3.90. The molecule has 0 unspecified atom stereocenters. The van der Waals surface area contributed by atoms with Crippen molar-refractivity contribution in [3.8, 4) is 0 Å². The second kappa shape index (κ2) is 6.58. The lowest BCUT2D eigenvalue weighted by Gasteiger charge is -2.14. The number of hydrogen-bond acceptors (Lipinski definition) is 3. The zero-order valence-electron chi connectivity index (χ0n) is 12.4. The van der Waals surface area contributed by atoms with Gasteiger partial charge in [0, 0.05) is 38.3 Å². The number of pyridine rings is 1.